The lowest BCUT2D eigenvalue weighted by molar-refractivity contribution is 0.169. The molecule has 0 radical (unpaired) electrons. The number of guanidine groups is 1. The number of halogens is 1. The Morgan fingerprint density at radius 3 is 2.74 bits per heavy atom. The number of benzene rings is 1. The number of hydrogen-bond acceptors (Lipinski definition) is 3. The Hall–Kier alpha value is -1.12. The highest BCUT2D eigenvalue weighted by Crippen LogP contribution is 2.19. The van der Waals surface area contributed by atoms with E-state index >= 15 is 0 Å². The fourth-order valence-electron chi connectivity index (χ4n) is 3.44. The normalized spacial score (nSPS) is 18.0. The molecule has 1 atom stereocenters. The van der Waals surface area contributed by atoms with Crippen molar-refractivity contribution in [1.29, 1.82) is 0 Å². The second-order valence-electron chi connectivity index (χ2n) is 7.11. The molecule has 0 spiro atoms. The molecule has 0 saturated carbocycles. The predicted molar refractivity (Wildman–Crippen MR) is 127 cm³/mol. The van der Waals surface area contributed by atoms with Gasteiger partial charge in [0.1, 0.15) is 0 Å². The maximum atomic E-state index is 4.37. The Morgan fingerprint density at radius 2 is 2.04 bits per heavy atom. The van der Waals surface area contributed by atoms with Gasteiger partial charge in [-0.15, -0.1) is 35.3 Å². The van der Waals surface area contributed by atoms with Gasteiger partial charge in [0.05, 0.1) is 0 Å². The number of nitrogens with one attached hydrogen (secondary N) is 2. The van der Waals surface area contributed by atoms with E-state index in [9.17, 15) is 0 Å². The molecule has 1 aromatic heterocycles. The van der Waals surface area contributed by atoms with Gasteiger partial charge in [0, 0.05) is 38.1 Å². The smallest absolute Gasteiger partial charge is 0.191 e. The van der Waals surface area contributed by atoms with Crippen molar-refractivity contribution < 1.29 is 0 Å². The average molecular weight is 498 g/mol. The Kier molecular flexibility index (Phi) is 9.58. The van der Waals surface area contributed by atoms with E-state index in [0.717, 1.165) is 25.6 Å². The molecule has 0 bridgehead atoms. The van der Waals surface area contributed by atoms with Crippen LogP contribution in [0.2, 0.25) is 0 Å². The minimum Gasteiger partial charge on any atom is -0.356 e. The number of rotatable bonds is 6. The van der Waals surface area contributed by atoms with Gasteiger partial charge in [-0.1, -0.05) is 35.9 Å². The quantitative estimate of drug-likeness (QED) is 0.356. The van der Waals surface area contributed by atoms with E-state index in [2.05, 4.69) is 69.2 Å². The molecular weight excluding hydrogens is 467 g/mol. The minimum atomic E-state index is 0. The van der Waals surface area contributed by atoms with Gasteiger partial charge >= 0.3 is 0 Å². The number of likely N-dealkylation sites (tertiary alicyclic amines) is 1. The van der Waals surface area contributed by atoms with E-state index in [0.29, 0.717) is 5.92 Å². The van der Waals surface area contributed by atoms with Crippen molar-refractivity contribution in [1.82, 2.24) is 15.5 Å². The standard InChI is InChI=1S/C21H30N4S.HI/c1-17-7-9-18(10-8-17)13-23-21(22-2)24-14-19-5-3-11-25(15-19)16-20-6-4-12-26-20;/h4,6-10,12,19H,3,5,11,13-16H2,1-2H3,(H2,22,23,24);1H. The summed E-state index contributed by atoms with van der Waals surface area (Å²) in [6.45, 7) is 7.37. The zero-order valence-corrected chi connectivity index (χ0v) is 19.4. The fraction of sp³-hybridized carbons (Fsp3) is 0.476. The van der Waals surface area contributed by atoms with E-state index in [4.69, 9.17) is 0 Å². The lowest BCUT2D eigenvalue weighted by atomic mass is 9.98. The van der Waals surface area contributed by atoms with Crippen molar-refractivity contribution >= 4 is 41.3 Å². The molecule has 1 unspecified atom stereocenters. The maximum absolute atomic E-state index is 4.37. The van der Waals surface area contributed by atoms with Gasteiger partial charge in [-0.3, -0.25) is 9.89 Å². The third-order valence-corrected chi connectivity index (χ3v) is 5.79. The maximum Gasteiger partial charge on any atom is 0.191 e. The van der Waals surface area contributed by atoms with Gasteiger partial charge in [-0.25, -0.2) is 0 Å². The van der Waals surface area contributed by atoms with Crippen LogP contribution in [-0.2, 0) is 13.1 Å². The second-order valence-corrected chi connectivity index (χ2v) is 8.15. The molecule has 0 aliphatic carbocycles. The monoisotopic (exact) mass is 498 g/mol. The Labute approximate surface area is 184 Å². The van der Waals surface area contributed by atoms with Gasteiger partial charge in [0.2, 0.25) is 0 Å². The van der Waals surface area contributed by atoms with Crippen LogP contribution in [0.15, 0.2) is 46.8 Å². The second kappa shape index (κ2) is 11.7. The van der Waals surface area contributed by atoms with Crippen LogP contribution in [0.5, 0.6) is 0 Å². The Morgan fingerprint density at radius 1 is 1.22 bits per heavy atom. The molecule has 3 rings (SSSR count). The summed E-state index contributed by atoms with van der Waals surface area (Å²) >= 11 is 1.86. The zero-order chi connectivity index (χ0) is 18.2. The number of aryl methyl sites for hydroxylation is 1. The van der Waals surface area contributed by atoms with Crippen LogP contribution in [0.1, 0.15) is 28.8 Å². The Bertz CT molecular complexity index is 685. The number of hydrogen-bond donors (Lipinski definition) is 2. The van der Waals surface area contributed by atoms with Crippen LogP contribution in [0.3, 0.4) is 0 Å². The van der Waals surface area contributed by atoms with E-state index < -0.39 is 0 Å². The van der Waals surface area contributed by atoms with Crippen molar-refractivity contribution in [3.8, 4) is 0 Å². The number of aliphatic imine (C=N–C) groups is 1. The van der Waals surface area contributed by atoms with Crippen LogP contribution in [0.4, 0.5) is 0 Å². The zero-order valence-electron chi connectivity index (χ0n) is 16.3. The van der Waals surface area contributed by atoms with Crippen LogP contribution in [0, 0.1) is 12.8 Å². The van der Waals surface area contributed by atoms with Crippen molar-refractivity contribution in [2.75, 3.05) is 26.7 Å². The molecule has 1 fully saturated rings. The van der Waals surface area contributed by atoms with Crippen LogP contribution in [0.25, 0.3) is 0 Å². The van der Waals surface area contributed by atoms with E-state index in [-0.39, 0.29) is 24.0 Å². The SMILES string of the molecule is CN=C(NCc1ccc(C)cc1)NCC1CCCN(Cc2cccs2)C1.I. The summed E-state index contributed by atoms with van der Waals surface area (Å²) in [5.74, 6) is 1.57. The average Bonchev–Trinajstić information content (AvgIpc) is 3.16. The van der Waals surface area contributed by atoms with E-state index in [1.54, 1.807) is 0 Å². The molecule has 2 heterocycles. The summed E-state index contributed by atoms with van der Waals surface area (Å²) in [4.78, 5) is 8.42. The van der Waals surface area contributed by atoms with Crippen molar-refractivity contribution in [3.63, 3.8) is 0 Å². The van der Waals surface area contributed by atoms with Gasteiger partial charge in [0.15, 0.2) is 5.96 Å². The summed E-state index contributed by atoms with van der Waals surface area (Å²) in [6, 6.07) is 13.0. The third kappa shape index (κ3) is 7.43. The lowest BCUT2D eigenvalue weighted by Gasteiger charge is -2.32. The first-order valence-corrected chi connectivity index (χ1v) is 10.4. The van der Waals surface area contributed by atoms with Gasteiger partial charge in [-0.2, -0.15) is 0 Å². The van der Waals surface area contributed by atoms with Crippen LogP contribution < -0.4 is 10.6 Å². The van der Waals surface area contributed by atoms with E-state index in [1.165, 1.54) is 41.9 Å². The first kappa shape index (κ1) is 22.2. The molecule has 4 nitrogen and oxygen atoms in total. The number of piperidine rings is 1. The largest absolute Gasteiger partial charge is 0.356 e. The van der Waals surface area contributed by atoms with Gasteiger partial charge < -0.3 is 10.6 Å². The molecule has 1 aliphatic heterocycles. The molecule has 148 valence electrons. The summed E-state index contributed by atoms with van der Waals surface area (Å²) in [5, 5.41) is 9.10. The fourth-order valence-corrected chi connectivity index (χ4v) is 4.18. The summed E-state index contributed by atoms with van der Waals surface area (Å²) < 4.78 is 0. The molecular formula is C21H31IN4S. The molecule has 1 aliphatic rings. The predicted octanol–water partition coefficient (Wildman–Crippen LogP) is 4.25. The van der Waals surface area contributed by atoms with Gasteiger partial charge in [-0.05, 0) is 49.2 Å². The lowest BCUT2D eigenvalue weighted by Crippen LogP contribution is -2.44. The molecule has 0 amide bonds. The van der Waals surface area contributed by atoms with Gasteiger partial charge in [0.25, 0.3) is 0 Å². The Balaban J connectivity index is 0.00000261. The molecule has 1 saturated heterocycles. The minimum absolute atomic E-state index is 0. The van der Waals surface area contributed by atoms with Crippen LogP contribution in [-0.4, -0.2) is 37.5 Å². The topological polar surface area (TPSA) is 39.7 Å². The highest BCUT2D eigenvalue weighted by Gasteiger charge is 2.20. The molecule has 2 N–H and O–H groups in total. The first-order chi connectivity index (χ1) is 12.7. The summed E-state index contributed by atoms with van der Waals surface area (Å²) in [6.07, 6.45) is 2.58. The summed E-state index contributed by atoms with van der Waals surface area (Å²) in [7, 11) is 1.84. The highest BCUT2D eigenvalue weighted by molar-refractivity contribution is 14.0. The first-order valence-electron chi connectivity index (χ1n) is 9.47. The number of thiophene rings is 1. The third-order valence-electron chi connectivity index (χ3n) is 4.93. The number of nitrogens with zero attached hydrogens (tertiary/aromatic N) is 2. The van der Waals surface area contributed by atoms with Crippen molar-refractivity contribution in [3.05, 3.63) is 57.8 Å². The molecule has 27 heavy (non-hydrogen) atoms. The molecule has 1 aromatic carbocycles. The van der Waals surface area contributed by atoms with Crippen molar-refractivity contribution in [2.24, 2.45) is 10.9 Å². The van der Waals surface area contributed by atoms with Crippen LogP contribution >= 0.6 is 35.3 Å². The summed E-state index contributed by atoms with van der Waals surface area (Å²) in [5.41, 5.74) is 2.57. The highest BCUT2D eigenvalue weighted by atomic mass is 127. The van der Waals surface area contributed by atoms with Crippen molar-refractivity contribution in [2.45, 2.75) is 32.9 Å². The molecule has 6 heteroatoms. The van der Waals surface area contributed by atoms with E-state index in [1.807, 2.05) is 18.4 Å². The molecule has 2 aromatic rings.